The minimum Gasteiger partial charge on any atom is -0.444 e. The molecule has 1 heterocycles. The maximum Gasteiger partial charge on any atom is 0.410 e. The van der Waals surface area contributed by atoms with E-state index in [1.165, 1.54) is 10.9 Å². The molecule has 3 rings (SSSR count). The molecule has 0 N–H and O–H groups in total. The van der Waals surface area contributed by atoms with Crippen molar-refractivity contribution in [1.29, 1.82) is 0 Å². The van der Waals surface area contributed by atoms with Crippen LogP contribution in [0.1, 0.15) is 45.1 Å². The summed E-state index contributed by atoms with van der Waals surface area (Å²) in [4.78, 5) is 14.0. The number of piperidine rings is 1. The molecule has 1 saturated heterocycles. The average Bonchev–Trinajstić information content (AvgIpc) is 2.54. The van der Waals surface area contributed by atoms with Crippen molar-refractivity contribution in [3.05, 3.63) is 47.0 Å². The van der Waals surface area contributed by atoms with Crippen LogP contribution in [0.2, 0.25) is 5.02 Å². The van der Waals surface area contributed by atoms with Crippen molar-refractivity contribution in [2.24, 2.45) is 0 Å². The van der Waals surface area contributed by atoms with Gasteiger partial charge in [-0.05, 0) is 56.5 Å². The largest absolute Gasteiger partial charge is 0.444 e. The van der Waals surface area contributed by atoms with E-state index in [4.69, 9.17) is 16.3 Å². The topological polar surface area (TPSA) is 29.5 Å². The van der Waals surface area contributed by atoms with Crippen LogP contribution in [-0.4, -0.2) is 29.7 Å². The Morgan fingerprint density at radius 1 is 1.08 bits per heavy atom. The first kappa shape index (κ1) is 17.1. The number of hydrogen-bond donors (Lipinski definition) is 0. The SMILES string of the molecule is CC(C)(C)OC(=O)N1CCC(c2ccc(Cl)c3ccccc23)CC1. The highest BCUT2D eigenvalue weighted by molar-refractivity contribution is 6.35. The molecule has 0 spiro atoms. The lowest BCUT2D eigenvalue weighted by molar-refractivity contribution is 0.0205. The van der Waals surface area contributed by atoms with Gasteiger partial charge in [0, 0.05) is 23.5 Å². The van der Waals surface area contributed by atoms with Crippen molar-refractivity contribution in [1.82, 2.24) is 4.90 Å². The molecular weight excluding hydrogens is 322 g/mol. The summed E-state index contributed by atoms with van der Waals surface area (Å²) in [5, 5.41) is 3.12. The minimum atomic E-state index is -0.444. The Hall–Kier alpha value is -1.74. The van der Waals surface area contributed by atoms with Gasteiger partial charge in [-0.2, -0.15) is 0 Å². The van der Waals surface area contributed by atoms with Crippen LogP contribution in [0.5, 0.6) is 0 Å². The fourth-order valence-electron chi connectivity index (χ4n) is 3.34. The Morgan fingerprint density at radius 2 is 1.71 bits per heavy atom. The molecule has 1 aliphatic heterocycles. The van der Waals surface area contributed by atoms with Crippen molar-refractivity contribution in [2.45, 2.75) is 45.1 Å². The Bertz CT molecular complexity index is 743. The van der Waals surface area contributed by atoms with Crippen LogP contribution in [0, 0.1) is 0 Å². The molecule has 2 aromatic carbocycles. The molecule has 3 nitrogen and oxygen atoms in total. The number of amides is 1. The van der Waals surface area contributed by atoms with E-state index in [-0.39, 0.29) is 6.09 Å². The first-order chi connectivity index (χ1) is 11.3. The van der Waals surface area contributed by atoms with Crippen LogP contribution in [-0.2, 0) is 4.74 Å². The number of likely N-dealkylation sites (tertiary alicyclic amines) is 1. The van der Waals surface area contributed by atoms with Crippen molar-refractivity contribution < 1.29 is 9.53 Å². The van der Waals surface area contributed by atoms with Crippen LogP contribution >= 0.6 is 11.6 Å². The summed E-state index contributed by atoms with van der Waals surface area (Å²) in [6.45, 7) is 7.17. The number of rotatable bonds is 1. The van der Waals surface area contributed by atoms with E-state index in [9.17, 15) is 4.79 Å². The minimum absolute atomic E-state index is 0.207. The third-order valence-corrected chi connectivity index (χ3v) is 4.82. The van der Waals surface area contributed by atoms with E-state index in [1.54, 1.807) is 0 Å². The van der Waals surface area contributed by atoms with E-state index >= 15 is 0 Å². The first-order valence-corrected chi connectivity index (χ1v) is 8.88. The summed E-state index contributed by atoms with van der Waals surface area (Å²) in [5.41, 5.74) is 0.888. The predicted octanol–water partition coefficient (Wildman–Crippen LogP) is 5.61. The zero-order valence-corrected chi connectivity index (χ0v) is 15.3. The predicted molar refractivity (Wildman–Crippen MR) is 98.7 cm³/mol. The number of hydrogen-bond acceptors (Lipinski definition) is 2. The smallest absolute Gasteiger partial charge is 0.410 e. The number of fused-ring (bicyclic) bond motifs is 1. The number of ether oxygens (including phenoxy) is 1. The molecule has 0 aliphatic carbocycles. The lowest BCUT2D eigenvalue weighted by Gasteiger charge is -2.34. The molecule has 1 amide bonds. The standard InChI is InChI=1S/C20H24ClNO2/c1-20(2,3)24-19(23)22-12-10-14(11-13-22)15-8-9-18(21)17-7-5-4-6-16(15)17/h4-9,14H,10-13H2,1-3H3. The third-order valence-electron chi connectivity index (χ3n) is 4.49. The molecule has 0 aromatic heterocycles. The summed E-state index contributed by atoms with van der Waals surface area (Å²) in [6, 6.07) is 12.4. The lowest BCUT2D eigenvalue weighted by Crippen LogP contribution is -2.41. The van der Waals surface area contributed by atoms with Crippen LogP contribution in [0.4, 0.5) is 4.79 Å². The van der Waals surface area contributed by atoms with Gasteiger partial charge in [-0.1, -0.05) is 41.9 Å². The van der Waals surface area contributed by atoms with Gasteiger partial charge in [0.2, 0.25) is 0 Å². The van der Waals surface area contributed by atoms with E-state index in [0.717, 1.165) is 36.3 Å². The fourth-order valence-corrected chi connectivity index (χ4v) is 3.57. The Balaban J connectivity index is 1.74. The molecule has 4 heteroatoms. The van der Waals surface area contributed by atoms with E-state index in [2.05, 4.69) is 24.3 Å². The number of carbonyl (C=O) groups excluding carboxylic acids is 1. The van der Waals surface area contributed by atoms with Crippen LogP contribution < -0.4 is 0 Å². The van der Waals surface area contributed by atoms with Gasteiger partial charge < -0.3 is 9.64 Å². The molecule has 128 valence electrons. The molecule has 0 saturated carbocycles. The number of benzene rings is 2. The Morgan fingerprint density at radius 3 is 2.33 bits per heavy atom. The van der Waals surface area contributed by atoms with Gasteiger partial charge in [0.05, 0.1) is 0 Å². The molecule has 0 atom stereocenters. The van der Waals surface area contributed by atoms with E-state index in [0.29, 0.717) is 5.92 Å². The second-order valence-corrected chi connectivity index (χ2v) is 7.83. The highest BCUT2D eigenvalue weighted by Gasteiger charge is 2.28. The van der Waals surface area contributed by atoms with Gasteiger partial charge in [-0.3, -0.25) is 0 Å². The third kappa shape index (κ3) is 3.67. The fraction of sp³-hybridized carbons (Fsp3) is 0.450. The van der Waals surface area contributed by atoms with Crippen LogP contribution in [0.25, 0.3) is 10.8 Å². The quantitative estimate of drug-likeness (QED) is 0.672. The maximum absolute atomic E-state index is 12.2. The molecule has 24 heavy (non-hydrogen) atoms. The zero-order chi connectivity index (χ0) is 17.3. The van der Waals surface area contributed by atoms with E-state index in [1.807, 2.05) is 37.8 Å². The molecule has 0 radical (unpaired) electrons. The van der Waals surface area contributed by atoms with Crippen LogP contribution in [0.15, 0.2) is 36.4 Å². The Kier molecular flexibility index (Phi) is 4.73. The van der Waals surface area contributed by atoms with Crippen molar-refractivity contribution in [3.63, 3.8) is 0 Å². The molecule has 1 aliphatic rings. The van der Waals surface area contributed by atoms with Crippen LogP contribution in [0.3, 0.4) is 0 Å². The molecular formula is C20H24ClNO2. The van der Waals surface area contributed by atoms with Gasteiger partial charge in [-0.25, -0.2) is 4.79 Å². The van der Waals surface area contributed by atoms with Crippen molar-refractivity contribution in [3.8, 4) is 0 Å². The molecule has 2 aromatic rings. The summed E-state index contributed by atoms with van der Waals surface area (Å²) in [6.07, 6.45) is 1.69. The van der Waals surface area contributed by atoms with Gasteiger partial charge in [-0.15, -0.1) is 0 Å². The Labute approximate surface area is 148 Å². The second kappa shape index (κ2) is 6.64. The van der Waals surface area contributed by atoms with Crippen molar-refractivity contribution >= 4 is 28.5 Å². The average molecular weight is 346 g/mol. The summed E-state index contributed by atoms with van der Waals surface area (Å²) >= 11 is 6.32. The van der Waals surface area contributed by atoms with Gasteiger partial charge in [0.1, 0.15) is 5.60 Å². The zero-order valence-electron chi connectivity index (χ0n) is 14.5. The second-order valence-electron chi connectivity index (χ2n) is 7.42. The van der Waals surface area contributed by atoms with E-state index < -0.39 is 5.60 Å². The van der Waals surface area contributed by atoms with Gasteiger partial charge in [0.25, 0.3) is 0 Å². The number of halogens is 1. The molecule has 0 bridgehead atoms. The normalized spacial score (nSPS) is 16.4. The monoisotopic (exact) mass is 345 g/mol. The highest BCUT2D eigenvalue weighted by atomic mass is 35.5. The molecule has 0 unspecified atom stereocenters. The lowest BCUT2D eigenvalue weighted by atomic mass is 9.86. The summed E-state index contributed by atoms with van der Waals surface area (Å²) in [5.74, 6) is 0.450. The maximum atomic E-state index is 12.2. The summed E-state index contributed by atoms with van der Waals surface area (Å²) < 4.78 is 5.47. The van der Waals surface area contributed by atoms with Gasteiger partial charge >= 0.3 is 6.09 Å². The van der Waals surface area contributed by atoms with Crippen molar-refractivity contribution in [2.75, 3.05) is 13.1 Å². The molecule has 1 fully saturated rings. The first-order valence-electron chi connectivity index (χ1n) is 8.50. The number of carbonyl (C=O) groups is 1. The van der Waals surface area contributed by atoms with Gasteiger partial charge in [0.15, 0.2) is 0 Å². The number of nitrogens with zero attached hydrogens (tertiary/aromatic N) is 1. The highest BCUT2D eigenvalue weighted by Crippen LogP contribution is 2.36. The summed E-state index contributed by atoms with van der Waals surface area (Å²) in [7, 11) is 0.